The molecule has 1 aliphatic heterocycles. The number of rotatable bonds is 6. The number of carboxylic acid groups (broad SMARTS) is 1. The van der Waals surface area contributed by atoms with E-state index in [1.165, 1.54) is 0 Å². The maximum atomic E-state index is 13.3. The Hall–Kier alpha value is -4.71. The molecule has 1 aliphatic carbocycles. The van der Waals surface area contributed by atoms with Crippen molar-refractivity contribution in [2.45, 2.75) is 38.3 Å². The first-order valence-corrected chi connectivity index (χ1v) is 13.7. The lowest BCUT2D eigenvalue weighted by Gasteiger charge is -2.33. The summed E-state index contributed by atoms with van der Waals surface area (Å²) < 4.78 is 0. The van der Waals surface area contributed by atoms with Crippen LogP contribution in [0.2, 0.25) is 0 Å². The largest absolute Gasteiger partial charge is 0.481 e. The van der Waals surface area contributed by atoms with Gasteiger partial charge < -0.3 is 15.3 Å². The zero-order chi connectivity index (χ0) is 27.6. The van der Waals surface area contributed by atoms with Gasteiger partial charge in [-0.3, -0.25) is 14.4 Å². The molecule has 0 aromatic heterocycles. The van der Waals surface area contributed by atoms with E-state index in [1.54, 1.807) is 0 Å². The van der Waals surface area contributed by atoms with Crippen LogP contribution in [0.3, 0.4) is 0 Å². The molecule has 4 aromatic carbocycles. The summed E-state index contributed by atoms with van der Waals surface area (Å²) >= 11 is 0. The first-order chi connectivity index (χ1) is 19.5. The van der Waals surface area contributed by atoms with Crippen molar-refractivity contribution in [3.8, 4) is 22.3 Å². The van der Waals surface area contributed by atoms with Crippen LogP contribution < -0.4 is 5.32 Å². The lowest BCUT2D eigenvalue weighted by molar-refractivity contribution is -0.143. The zero-order valence-corrected chi connectivity index (χ0v) is 22.0. The lowest BCUT2D eigenvalue weighted by Crippen LogP contribution is -2.39. The maximum Gasteiger partial charge on any atom is 0.306 e. The molecular weight excluding hydrogens is 500 g/mol. The highest BCUT2D eigenvalue weighted by Gasteiger charge is 2.36. The molecule has 2 amide bonds. The average Bonchev–Trinajstić information content (AvgIpc) is 3.33. The summed E-state index contributed by atoms with van der Waals surface area (Å²) in [6.45, 7) is 0.578. The van der Waals surface area contributed by atoms with Crippen LogP contribution in [-0.4, -0.2) is 33.8 Å². The Kier molecular flexibility index (Phi) is 6.91. The normalized spacial score (nSPS) is 18.3. The highest BCUT2D eigenvalue weighted by atomic mass is 16.4. The summed E-state index contributed by atoms with van der Waals surface area (Å²) in [5.41, 5.74) is 7.07. The number of carboxylic acids is 1. The van der Waals surface area contributed by atoms with Gasteiger partial charge in [-0.1, -0.05) is 66.7 Å². The molecule has 2 aliphatic rings. The minimum atomic E-state index is -0.734. The number of hydrogen-bond donors (Lipinski definition) is 2. The number of benzene rings is 4. The molecule has 0 spiro atoms. The average molecular weight is 531 g/mol. The van der Waals surface area contributed by atoms with Gasteiger partial charge >= 0.3 is 5.97 Å². The summed E-state index contributed by atoms with van der Waals surface area (Å²) in [4.78, 5) is 39.3. The van der Waals surface area contributed by atoms with Crippen molar-refractivity contribution in [3.63, 3.8) is 0 Å². The molecular formula is C34H30N2O4. The minimum absolute atomic E-state index is 0.0257. The van der Waals surface area contributed by atoms with Gasteiger partial charge in [-0.2, -0.15) is 0 Å². The summed E-state index contributed by atoms with van der Waals surface area (Å²) in [6, 6.07) is 31.3. The van der Waals surface area contributed by atoms with Crippen LogP contribution in [0.25, 0.3) is 22.3 Å². The van der Waals surface area contributed by atoms with Crippen molar-refractivity contribution < 1.29 is 19.5 Å². The number of hydrogen-bond acceptors (Lipinski definition) is 3. The van der Waals surface area contributed by atoms with E-state index in [0.717, 1.165) is 40.7 Å². The van der Waals surface area contributed by atoms with Crippen LogP contribution in [-0.2, 0) is 11.3 Å². The Bertz CT molecular complexity index is 1550. The second-order valence-corrected chi connectivity index (χ2v) is 10.6. The van der Waals surface area contributed by atoms with Crippen molar-refractivity contribution in [2.24, 2.45) is 5.92 Å². The van der Waals surface area contributed by atoms with E-state index in [4.69, 9.17) is 0 Å². The van der Waals surface area contributed by atoms with Crippen molar-refractivity contribution in [2.75, 3.05) is 5.32 Å². The van der Waals surface area contributed by atoms with E-state index in [0.29, 0.717) is 36.2 Å². The highest BCUT2D eigenvalue weighted by Crippen LogP contribution is 2.35. The lowest BCUT2D eigenvalue weighted by atomic mass is 9.85. The van der Waals surface area contributed by atoms with Gasteiger partial charge in [-0.15, -0.1) is 0 Å². The number of aliphatic carboxylic acids is 1. The standard InChI is InChI=1S/C34H30N2O4/c37-32(25-8-6-23(7-9-25)22-4-2-1-3-5-22)35-29-16-12-24(13-17-29)27-10-11-28-21-36(33(38)31(28)20-27)30-18-14-26(15-19-30)34(39)40/h1-13,16-17,20,26,30H,14-15,18-19,21H2,(H,35,37)(H,39,40). The third-order valence-corrected chi connectivity index (χ3v) is 8.16. The molecule has 6 rings (SSSR count). The van der Waals surface area contributed by atoms with Gasteiger partial charge in [0, 0.05) is 29.4 Å². The summed E-state index contributed by atoms with van der Waals surface area (Å²) in [6.07, 6.45) is 2.70. The fourth-order valence-corrected chi connectivity index (χ4v) is 5.83. The Morgan fingerprint density at radius 1 is 0.725 bits per heavy atom. The van der Waals surface area contributed by atoms with Gasteiger partial charge in [0.25, 0.3) is 11.8 Å². The third kappa shape index (κ3) is 5.13. The van der Waals surface area contributed by atoms with Gasteiger partial charge in [-0.25, -0.2) is 0 Å². The molecule has 2 N–H and O–H groups in total. The second-order valence-electron chi connectivity index (χ2n) is 10.6. The van der Waals surface area contributed by atoms with E-state index >= 15 is 0 Å². The SMILES string of the molecule is O=C(Nc1ccc(-c2ccc3c(c2)C(=O)N(C2CCC(C(=O)O)CC2)C3)cc1)c1ccc(-c2ccccc2)cc1. The summed E-state index contributed by atoms with van der Waals surface area (Å²) in [5.74, 6) is -1.18. The maximum absolute atomic E-state index is 13.3. The fraction of sp³-hybridized carbons (Fsp3) is 0.206. The molecule has 0 saturated heterocycles. The van der Waals surface area contributed by atoms with Crippen molar-refractivity contribution in [1.29, 1.82) is 0 Å². The molecule has 1 heterocycles. The molecule has 1 fully saturated rings. The molecule has 0 bridgehead atoms. The van der Waals surface area contributed by atoms with Crippen LogP contribution >= 0.6 is 0 Å². The van der Waals surface area contributed by atoms with Crippen LogP contribution in [0.4, 0.5) is 5.69 Å². The highest BCUT2D eigenvalue weighted by molar-refractivity contribution is 6.04. The van der Waals surface area contributed by atoms with E-state index in [1.807, 2.05) is 102 Å². The quantitative estimate of drug-likeness (QED) is 0.285. The van der Waals surface area contributed by atoms with Crippen molar-refractivity contribution in [3.05, 3.63) is 114 Å². The number of carbonyl (C=O) groups excluding carboxylic acids is 2. The fourth-order valence-electron chi connectivity index (χ4n) is 5.83. The van der Waals surface area contributed by atoms with Crippen LogP contribution in [0, 0.1) is 5.92 Å². The molecule has 1 saturated carbocycles. The minimum Gasteiger partial charge on any atom is -0.481 e. The van der Waals surface area contributed by atoms with Crippen LogP contribution in [0.5, 0.6) is 0 Å². The van der Waals surface area contributed by atoms with Gasteiger partial charge in [0.05, 0.1) is 5.92 Å². The smallest absolute Gasteiger partial charge is 0.306 e. The van der Waals surface area contributed by atoms with E-state index in [2.05, 4.69) is 5.32 Å². The van der Waals surface area contributed by atoms with E-state index < -0.39 is 5.97 Å². The molecule has 0 atom stereocenters. The number of nitrogens with one attached hydrogen (secondary N) is 1. The zero-order valence-electron chi connectivity index (χ0n) is 22.0. The molecule has 0 unspecified atom stereocenters. The van der Waals surface area contributed by atoms with Gasteiger partial charge in [0.15, 0.2) is 0 Å². The predicted molar refractivity (Wildman–Crippen MR) is 155 cm³/mol. The molecule has 40 heavy (non-hydrogen) atoms. The Morgan fingerprint density at radius 2 is 1.32 bits per heavy atom. The topological polar surface area (TPSA) is 86.7 Å². The van der Waals surface area contributed by atoms with Crippen LogP contribution in [0.15, 0.2) is 97.1 Å². The van der Waals surface area contributed by atoms with Crippen LogP contribution in [0.1, 0.15) is 52.0 Å². The first kappa shape index (κ1) is 25.6. The van der Waals surface area contributed by atoms with E-state index in [9.17, 15) is 19.5 Å². The molecule has 6 heteroatoms. The van der Waals surface area contributed by atoms with Gasteiger partial charge in [-0.05, 0) is 83.8 Å². The van der Waals surface area contributed by atoms with Crippen molar-refractivity contribution >= 4 is 23.5 Å². The number of fused-ring (bicyclic) bond motifs is 1. The third-order valence-electron chi connectivity index (χ3n) is 8.16. The number of nitrogens with zero attached hydrogens (tertiary/aromatic N) is 1. The van der Waals surface area contributed by atoms with Gasteiger partial charge in [0.2, 0.25) is 0 Å². The number of carbonyl (C=O) groups is 3. The molecule has 200 valence electrons. The molecule has 4 aromatic rings. The summed E-state index contributed by atoms with van der Waals surface area (Å²) in [7, 11) is 0. The van der Waals surface area contributed by atoms with E-state index in [-0.39, 0.29) is 23.8 Å². The predicted octanol–water partition coefficient (Wildman–Crippen LogP) is 6.87. The van der Waals surface area contributed by atoms with Gasteiger partial charge in [0.1, 0.15) is 0 Å². The number of anilines is 1. The Balaban J connectivity index is 1.10. The summed E-state index contributed by atoms with van der Waals surface area (Å²) in [5, 5.41) is 12.2. The van der Waals surface area contributed by atoms with Crippen molar-refractivity contribution in [1.82, 2.24) is 4.90 Å². The molecule has 0 radical (unpaired) electrons. The number of amides is 2. The Labute approximate surface area is 233 Å². The first-order valence-electron chi connectivity index (χ1n) is 13.7. The Morgan fingerprint density at radius 3 is 2.00 bits per heavy atom. The molecule has 6 nitrogen and oxygen atoms in total. The monoisotopic (exact) mass is 530 g/mol. The second kappa shape index (κ2) is 10.8.